The number of benzene rings is 3. The predicted molar refractivity (Wildman–Crippen MR) is 170 cm³/mol. The van der Waals surface area contributed by atoms with Crippen LogP contribution in [-0.2, 0) is 26.0 Å². The maximum atomic E-state index is 14.0. The molecule has 0 aromatic heterocycles. The summed E-state index contributed by atoms with van der Waals surface area (Å²) in [5, 5.41) is 2.95. The lowest BCUT2D eigenvalue weighted by molar-refractivity contribution is -0.139. The van der Waals surface area contributed by atoms with Gasteiger partial charge in [0, 0.05) is 17.5 Å². The summed E-state index contributed by atoms with van der Waals surface area (Å²) >= 11 is 1.51. The highest BCUT2D eigenvalue weighted by molar-refractivity contribution is 7.98. The number of hydrogen-bond acceptors (Lipinski definition) is 6. The molecule has 1 N–H and O–H groups in total. The minimum absolute atomic E-state index is 0.0592. The van der Waals surface area contributed by atoms with Crippen LogP contribution in [0.1, 0.15) is 39.7 Å². The Morgan fingerprint density at radius 1 is 0.929 bits per heavy atom. The summed E-state index contributed by atoms with van der Waals surface area (Å²) in [5.41, 5.74) is 1.33. The summed E-state index contributed by atoms with van der Waals surface area (Å²) in [4.78, 5) is 29.6. The largest absolute Gasteiger partial charge is 0.494 e. The van der Waals surface area contributed by atoms with E-state index in [1.807, 2.05) is 57.4 Å². The second-order valence-corrected chi connectivity index (χ2v) is 12.7. The summed E-state index contributed by atoms with van der Waals surface area (Å²) in [6.07, 6.45) is 3.17. The monoisotopic (exact) mass is 611 g/mol. The van der Waals surface area contributed by atoms with Crippen molar-refractivity contribution < 1.29 is 22.7 Å². The molecule has 0 saturated carbocycles. The molecule has 2 atom stereocenters. The predicted octanol–water partition coefficient (Wildman–Crippen LogP) is 5.38. The van der Waals surface area contributed by atoms with Gasteiger partial charge >= 0.3 is 0 Å². The van der Waals surface area contributed by atoms with E-state index in [1.165, 1.54) is 16.7 Å². The molecule has 0 bridgehead atoms. The number of nitrogens with one attached hydrogen (secondary N) is 1. The van der Waals surface area contributed by atoms with Crippen LogP contribution in [0.4, 0.5) is 5.69 Å². The van der Waals surface area contributed by atoms with Gasteiger partial charge in [0.1, 0.15) is 18.3 Å². The number of rotatable bonds is 15. The third kappa shape index (κ3) is 8.75. The number of carbonyl (C=O) groups excluding carboxylic acids is 2. The summed E-state index contributed by atoms with van der Waals surface area (Å²) in [6, 6.07) is 22.0. The number of thioether (sulfide) groups is 1. The average Bonchev–Trinajstić information content (AvgIpc) is 3.00. The van der Waals surface area contributed by atoms with E-state index in [2.05, 4.69) is 5.32 Å². The van der Waals surface area contributed by atoms with Gasteiger partial charge < -0.3 is 15.0 Å². The lowest BCUT2D eigenvalue weighted by Crippen LogP contribution is -2.53. The van der Waals surface area contributed by atoms with Crippen molar-refractivity contribution in [3.63, 3.8) is 0 Å². The topological polar surface area (TPSA) is 96.0 Å². The van der Waals surface area contributed by atoms with Crippen molar-refractivity contribution in [1.82, 2.24) is 10.2 Å². The molecule has 3 aromatic rings. The molecule has 0 aliphatic rings. The normalized spacial score (nSPS) is 12.7. The van der Waals surface area contributed by atoms with E-state index in [-0.39, 0.29) is 23.4 Å². The van der Waals surface area contributed by atoms with E-state index in [1.54, 1.807) is 55.5 Å². The molecule has 0 radical (unpaired) electrons. The first-order valence-electron chi connectivity index (χ1n) is 14.1. The van der Waals surface area contributed by atoms with Crippen LogP contribution in [0.3, 0.4) is 0 Å². The van der Waals surface area contributed by atoms with Crippen molar-refractivity contribution in [2.24, 2.45) is 0 Å². The molecule has 0 spiro atoms. The van der Waals surface area contributed by atoms with Crippen LogP contribution >= 0.6 is 11.8 Å². The second-order valence-electron chi connectivity index (χ2n) is 9.93. The third-order valence-electron chi connectivity index (χ3n) is 7.01. The number of nitrogens with zero attached hydrogens (tertiary/aromatic N) is 2. The Labute approximate surface area is 254 Å². The Bertz CT molecular complexity index is 1400. The van der Waals surface area contributed by atoms with Crippen molar-refractivity contribution in [2.75, 3.05) is 30.3 Å². The first-order chi connectivity index (χ1) is 20.1. The number of anilines is 1. The van der Waals surface area contributed by atoms with Gasteiger partial charge in [0.05, 0.1) is 17.2 Å². The maximum Gasteiger partial charge on any atom is 0.264 e. The average molecular weight is 612 g/mol. The van der Waals surface area contributed by atoms with E-state index in [4.69, 9.17) is 4.74 Å². The van der Waals surface area contributed by atoms with Crippen molar-refractivity contribution in [2.45, 2.75) is 62.4 Å². The van der Waals surface area contributed by atoms with Crippen molar-refractivity contribution in [3.05, 3.63) is 84.4 Å². The molecule has 8 nitrogen and oxygen atoms in total. The third-order valence-corrected chi connectivity index (χ3v) is 9.55. The zero-order valence-corrected chi connectivity index (χ0v) is 26.6. The molecule has 0 heterocycles. The standard InChI is InChI=1S/C32H41N3O5S2/c1-6-24(3)33-32(37)25(4)34(22-21-26-11-9-8-10-12-26)31(36)23-35(27-13-15-28(16-14-27)40-7-2)42(38,39)30-19-17-29(41-5)18-20-30/h8-20,24-25H,6-7,21-23H2,1-5H3,(H,33,37)/t24-,25-/m1/s1. The molecule has 2 amide bonds. The molecule has 10 heteroatoms. The van der Waals surface area contributed by atoms with Crippen molar-refractivity contribution in [1.29, 1.82) is 0 Å². The van der Waals surface area contributed by atoms with Gasteiger partial charge in [-0.2, -0.15) is 0 Å². The Hall–Kier alpha value is -3.50. The van der Waals surface area contributed by atoms with E-state index < -0.39 is 28.5 Å². The lowest BCUT2D eigenvalue weighted by Gasteiger charge is -2.32. The Kier molecular flexibility index (Phi) is 12.3. The van der Waals surface area contributed by atoms with Gasteiger partial charge in [0.15, 0.2) is 0 Å². The van der Waals surface area contributed by atoms with E-state index in [0.29, 0.717) is 24.5 Å². The molecule has 0 fully saturated rings. The molecule has 3 rings (SSSR count). The van der Waals surface area contributed by atoms with Crippen molar-refractivity contribution >= 4 is 39.3 Å². The molecule has 3 aromatic carbocycles. The molecule has 0 aliphatic heterocycles. The van der Waals surface area contributed by atoms with E-state index in [0.717, 1.165) is 21.2 Å². The highest BCUT2D eigenvalue weighted by Gasteiger charge is 2.32. The zero-order chi connectivity index (χ0) is 30.7. The highest BCUT2D eigenvalue weighted by atomic mass is 32.2. The van der Waals surface area contributed by atoms with Gasteiger partial charge in [-0.05, 0) is 94.0 Å². The molecular formula is C32H41N3O5S2. The van der Waals surface area contributed by atoms with Crippen LogP contribution < -0.4 is 14.4 Å². The number of sulfonamides is 1. The molecular weight excluding hydrogens is 571 g/mol. The fourth-order valence-corrected chi connectivity index (χ4v) is 6.14. The lowest BCUT2D eigenvalue weighted by atomic mass is 10.1. The summed E-state index contributed by atoms with van der Waals surface area (Å²) in [6.45, 7) is 7.66. The second kappa shape index (κ2) is 15.7. The minimum Gasteiger partial charge on any atom is -0.494 e. The Morgan fingerprint density at radius 3 is 2.14 bits per heavy atom. The number of hydrogen-bond donors (Lipinski definition) is 1. The summed E-state index contributed by atoms with van der Waals surface area (Å²) in [5.74, 6) is -0.168. The fraction of sp³-hybridized carbons (Fsp3) is 0.375. The maximum absolute atomic E-state index is 14.0. The molecule has 0 unspecified atom stereocenters. The quantitative estimate of drug-likeness (QED) is 0.232. The van der Waals surface area contributed by atoms with Gasteiger partial charge in [0.2, 0.25) is 11.8 Å². The van der Waals surface area contributed by atoms with Crippen LogP contribution in [-0.4, -0.2) is 63.2 Å². The number of carbonyl (C=O) groups is 2. The Balaban J connectivity index is 1.98. The van der Waals surface area contributed by atoms with Crippen LogP contribution in [0.25, 0.3) is 0 Å². The zero-order valence-electron chi connectivity index (χ0n) is 24.9. The van der Waals surface area contributed by atoms with Gasteiger partial charge in [0.25, 0.3) is 10.0 Å². The first-order valence-corrected chi connectivity index (χ1v) is 16.8. The number of amides is 2. The van der Waals surface area contributed by atoms with Crippen molar-refractivity contribution in [3.8, 4) is 5.75 Å². The molecule has 42 heavy (non-hydrogen) atoms. The molecule has 0 saturated heterocycles. The highest BCUT2D eigenvalue weighted by Crippen LogP contribution is 2.27. The van der Waals surface area contributed by atoms with Gasteiger partial charge in [-0.25, -0.2) is 8.42 Å². The van der Waals surface area contributed by atoms with Crippen LogP contribution in [0.2, 0.25) is 0 Å². The van der Waals surface area contributed by atoms with Gasteiger partial charge in [-0.15, -0.1) is 11.8 Å². The van der Waals surface area contributed by atoms with Crippen LogP contribution in [0, 0.1) is 0 Å². The fourth-order valence-electron chi connectivity index (χ4n) is 4.31. The smallest absolute Gasteiger partial charge is 0.264 e. The van der Waals surface area contributed by atoms with Crippen LogP contribution in [0.15, 0.2) is 88.7 Å². The van der Waals surface area contributed by atoms with Crippen LogP contribution in [0.5, 0.6) is 5.75 Å². The number of ether oxygens (including phenoxy) is 1. The van der Waals surface area contributed by atoms with E-state index in [9.17, 15) is 18.0 Å². The van der Waals surface area contributed by atoms with E-state index >= 15 is 0 Å². The Morgan fingerprint density at radius 2 is 1.57 bits per heavy atom. The SMILES string of the molecule is CCOc1ccc(N(CC(=O)N(CCc2ccccc2)[C@H](C)C(=O)N[C@H](C)CC)S(=O)(=O)c2ccc(SC)cc2)cc1. The summed E-state index contributed by atoms with van der Waals surface area (Å²) in [7, 11) is -4.13. The summed E-state index contributed by atoms with van der Waals surface area (Å²) < 4.78 is 34.7. The minimum atomic E-state index is -4.13. The first kappa shape index (κ1) is 33.0. The van der Waals surface area contributed by atoms with Gasteiger partial charge in [-0.3, -0.25) is 13.9 Å². The molecule has 226 valence electrons. The van der Waals surface area contributed by atoms with Gasteiger partial charge in [-0.1, -0.05) is 37.3 Å². The molecule has 0 aliphatic carbocycles.